The summed E-state index contributed by atoms with van der Waals surface area (Å²) >= 11 is 0. The smallest absolute Gasteiger partial charge is 0.00290 e. The van der Waals surface area contributed by atoms with E-state index < -0.39 is 0 Å². The molecule has 0 saturated heterocycles. The third-order valence-electron chi connectivity index (χ3n) is 2.35. The molecule has 0 atom stereocenters. The summed E-state index contributed by atoms with van der Waals surface area (Å²) in [6, 6.07) is 8.67. The zero-order valence-corrected chi connectivity index (χ0v) is 9.53. The summed E-state index contributed by atoms with van der Waals surface area (Å²) in [5.74, 6) is 0. The average Bonchev–Trinajstić information content (AvgIpc) is 2.27. The Kier molecular flexibility index (Phi) is 4.62. The van der Waals surface area contributed by atoms with Gasteiger partial charge in [0.2, 0.25) is 0 Å². The second kappa shape index (κ2) is 6.02. The predicted octanol–water partition coefficient (Wildman–Crippen LogP) is 4.23. The molecule has 0 bridgehead atoms. The topological polar surface area (TPSA) is 0 Å². The van der Waals surface area contributed by atoms with E-state index in [1.165, 1.54) is 16.7 Å². The Morgan fingerprint density at radius 1 is 1.27 bits per heavy atom. The lowest BCUT2D eigenvalue weighted by atomic mass is 10.0. The lowest BCUT2D eigenvalue weighted by molar-refractivity contribution is 1.18. The van der Waals surface area contributed by atoms with E-state index in [1.807, 2.05) is 6.08 Å². The summed E-state index contributed by atoms with van der Waals surface area (Å²) in [6.07, 6.45) is 9.01. The molecule has 0 unspecified atom stereocenters. The minimum absolute atomic E-state index is 0.987. The van der Waals surface area contributed by atoms with Gasteiger partial charge in [-0.1, -0.05) is 60.7 Å². The normalized spacial score (nSPS) is 12.0. The van der Waals surface area contributed by atoms with Crippen LogP contribution >= 0.6 is 0 Å². The molecule has 0 aliphatic carbocycles. The van der Waals surface area contributed by atoms with Crippen molar-refractivity contribution < 1.29 is 0 Å². The van der Waals surface area contributed by atoms with Crippen LogP contribution in [-0.4, -0.2) is 0 Å². The molecule has 0 heterocycles. The van der Waals surface area contributed by atoms with Crippen molar-refractivity contribution in [2.24, 2.45) is 0 Å². The Morgan fingerprint density at radius 3 is 2.47 bits per heavy atom. The number of aryl methyl sites for hydroxylation is 1. The minimum Gasteiger partial charge on any atom is -0.0991 e. The van der Waals surface area contributed by atoms with Crippen molar-refractivity contribution in [1.82, 2.24) is 0 Å². The largest absolute Gasteiger partial charge is 0.0991 e. The SMILES string of the molecule is C=C/C=C\C(=C/C)Cc1ccc(C)cc1. The molecule has 0 amide bonds. The highest BCUT2D eigenvalue weighted by Gasteiger charge is 1.94. The van der Waals surface area contributed by atoms with Crippen LogP contribution in [0.15, 0.2) is 60.7 Å². The van der Waals surface area contributed by atoms with Gasteiger partial charge in [0.05, 0.1) is 0 Å². The van der Waals surface area contributed by atoms with Crippen LogP contribution in [0, 0.1) is 6.92 Å². The van der Waals surface area contributed by atoms with Crippen molar-refractivity contribution in [2.45, 2.75) is 20.3 Å². The van der Waals surface area contributed by atoms with E-state index in [0.717, 1.165) is 6.42 Å². The van der Waals surface area contributed by atoms with Crippen LogP contribution in [0.5, 0.6) is 0 Å². The molecule has 0 aliphatic heterocycles. The summed E-state index contributed by atoms with van der Waals surface area (Å²) in [7, 11) is 0. The van der Waals surface area contributed by atoms with Crippen LogP contribution in [0.1, 0.15) is 18.1 Å². The molecule has 0 heteroatoms. The molecule has 0 aliphatic rings. The molecule has 0 saturated carbocycles. The fourth-order valence-electron chi connectivity index (χ4n) is 1.39. The molecule has 78 valence electrons. The van der Waals surface area contributed by atoms with Gasteiger partial charge in [-0.25, -0.2) is 0 Å². The fourth-order valence-corrected chi connectivity index (χ4v) is 1.39. The monoisotopic (exact) mass is 198 g/mol. The fraction of sp³-hybridized carbons (Fsp3) is 0.200. The van der Waals surface area contributed by atoms with Gasteiger partial charge in [0.25, 0.3) is 0 Å². The molecule has 0 N–H and O–H groups in total. The summed E-state index contributed by atoms with van der Waals surface area (Å²) in [4.78, 5) is 0. The molecule has 1 aromatic carbocycles. The van der Waals surface area contributed by atoms with Gasteiger partial charge in [0.15, 0.2) is 0 Å². The molecule has 15 heavy (non-hydrogen) atoms. The van der Waals surface area contributed by atoms with Gasteiger partial charge >= 0.3 is 0 Å². The first-order valence-corrected chi connectivity index (χ1v) is 5.26. The molecule has 1 aromatic rings. The van der Waals surface area contributed by atoms with Crippen molar-refractivity contribution in [3.05, 3.63) is 71.8 Å². The van der Waals surface area contributed by atoms with Crippen molar-refractivity contribution >= 4 is 0 Å². The first kappa shape index (κ1) is 11.5. The molecule has 0 aromatic heterocycles. The highest BCUT2D eigenvalue weighted by molar-refractivity contribution is 5.30. The van der Waals surface area contributed by atoms with Gasteiger partial charge in [0, 0.05) is 0 Å². The first-order valence-electron chi connectivity index (χ1n) is 5.26. The molecule has 0 fully saturated rings. The number of benzene rings is 1. The van der Waals surface area contributed by atoms with E-state index in [0.29, 0.717) is 0 Å². The predicted molar refractivity (Wildman–Crippen MR) is 68.0 cm³/mol. The lowest BCUT2D eigenvalue weighted by Crippen LogP contribution is -1.87. The molecular weight excluding hydrogens is 180 g/mol. The number of hydrogen-bond acceptors (Lipinski definition) is 0. The van der Waals surface area contributed by atoms with E-state index in [-0.39, 0.29) is 0 Å². The summed E-state index contributed by atoms with van der Waals surface area (Å²) < 4.78 is 0. The van der Waals surface area contributed by atoms with Crippen molar-refractivity contribution in [2.75, 3.05) is 0 Å². The van der Waals surface area contributed by atoms with E-state index in [4.69, 9.17) is 0 Å². The van der Waals surface area contributed by atoms with Crippen LogP contribution < -0.4 is 0 Å². The van der Waals surface area contributed by atoms with E-state index >= 15 is 0 Å². The van der Waals surface area contributed by atoms with Crippen molar-refractivity contribution in [1.29, 1.82) is 0 Å². The summed E-state index contributed by atoms with van der Waals surface area (Å²) in [6.45, 7) is 7.85. The first-order chi connectivity index (χ1) is 7.26. The zero-order chi connectivity index (χ0) is 11.1. The standard InChI is InChI=1S/C15H18/c1-4-6-7-14(5-2)12-15-10-8-13(3)9-11-15/h4-11H,1,12H2,2-3H3/b7-6-,14-5+. The van der Waals surface area contributed by atoms with Gasteiger partial charge in [0.1, 0.15) is 0 Å². The van der Waals surface area contributed by atoms with Crippen LogP contribution in [-0.2, 0) is 6.42 Å². The molecule has 0 radical (unpaired) electrons. The Balaban J connectivity index is 2.71. The molecule has 1 rings (SSSR count). The second-order valence-corrected chi connectivity index (χ2v) is 3.62. The van der Waals surface area contributed by atoms with Crippen molar-refractivity contribution in [3.63, 3.8) is 0 Å². The van der Waals surface area contributed by atoms with Crippen LogP contribution in [0.3, 0.4) is 0 Å². The molecule has 0 nitrogen and oxygen atoms in total. The third-order valence-corrected chi connectivity index (χ3v) is 2.35. The van der Waals surface area contributed by atoms with E-state index in [1.54, 1.807) is 6.08 Å². The minimum atomic E-state index is 0.987. The van der Waals surface area contributed by atoms with Crippen LogP contribution in [0.4, 0.5) is 0 Å². The number of allylic oxidation sites excluding steroid dienone is 5. The lowest BCUT2D eigenvalue weighted by Gasteiger charge is -2.02. The third kappa shape index (κ3) is 3.99. The van der Waals surface area contributed by atoms with Crippen molar-refractivity contribution in [3.8, 4) is 0 Å². The second-order valence-electron chi connectivity index (χ2n) is 3.62. The maximum atomic E-state index is 3.67. The average molecular weight is 198 g/mol. The van der Waals surface area contributed by atoms with E-state index in [2.05, 4.69) is 56.8 Å². The molecule has 0 spiro atoms. The Hall–Kier alpha value is -1.56. The van der Waals surface area contributed by atoms with Gasteiger partial charge in [-0.2, -0.15) is 0 Å². The Labute approximate surface area is 92.6 Å². The Bertz CT molecular complexity index is 364. The maximum Gasteiger partial charge on any atom is -0.00290 e. The maximum absolute atomic E-state index is 3.67. The Morgan fingerprint density at radius 2 is 1.93 bits per heavy atom. The highest BCUT2D eigenvalue weighted by Crippen LogP contribution is 2.10. The quantitative estimate of drug-likeness (QED) is 0.635. The molecular formula is C15H18. The van der Waals surface area contributed by atoms with Gasteiger partial charge in [-0.3, -0.25) is 0 Å². The van der Waals surface area contributed by atoms with Crippen LogP contribution in [0.2, 0.25) is 0 Å². The van der Waals surface area contributed by atoms with E-state index in [9.17, 15) is 0 Å². The van der Waals surface area contributed by atoms with Gasteiger partial charge in [-0.15, -0.1) is 0 Å². The number of hydrogen-bond donors (Lipinski definition) is 0. The van der Waals surface area contributed by atoms with Gasteiger partial charge in [-0.05, 0) is 31.4 Å². The summed E-state index contributed by atoms with van der Waals surface area (Å²) in [5, 5.41) is 0. The van der Waals surface area contributed by atoms with Gasteiger partial charge < -0.3 is 0 Å². The highest BCUT2D eigenvalue weighted by atomic mass is 14.0. The van der Waals surface area contributed by atoms with Crippen LogP contribution in [0.25, 0.3) is 0 Å². The zero-order valence-electron chi connectivity index (χ0n) is 9.53. The summed E-state index contributed by atoms with van der Waals surface area (Å²) in [5.41, 5.74) is 3.98. The number of rotatable bonds is 4.